The smallest absolute Gasteiger partial charge is 0.265 e. The summed E-state index contributed by atoms with van der Waals surface area (Å²) in [5.41, 5.74) is 6.41. The average molecular weight is 296 g/mol. The minimum Gasteiger partial charge on any atom is -0.366 e. The number of nitrogens with one attached hydrogen (secondary N) is 1. The van der Waals surface area contributed by atoms with Crippen LogP contribution in [0.3, 0.4) is 0 Å². The van der Waals surface area contributed by atoms with Gasteiger partial charge in [0.1, 0.15) is 0 Å². The number of benzene rings is 2. The highest BCUT2D eigenvalue weighted by Gasteiger charge is 2.13. The van der Waals surface area contributed by atoms with Crippen LogP contribution in [-0.2, 0) is 0 Å². The van der Waals surface area contributed by atoms with Crippen molar-refractivity contribution >= 4 is 39.6 Å². The monoisotopic (exact) mass is 296 g/mol. The quantitative estimate of drug-likeness (QED) is 0.778. The van der Waals surface area contributed by atoms with Gasteiger partial charge in [-0.25, -0.2) is 0 Å². The van der Waals surface area contributed by atoms with Crippen molar-refractivity contribution in [3.63, 3.8) is 0 Å². The number of anilines is 1. The fraction of sp³-hybridized carbons (Fsp3) is 0. The van der Waals surface area contributed by atoms with Crippen molar-refractivity contribution in [2.45, 2.75) is 0 Å². The molecular weight excluding hydrogens is 284 g/mol. The SMILES string of the molecule is NC(=O)c1cccc2cccc(NC(=O)c3cccs3)c12. The molecule has 0 spiro atoms. The summed E-state index contributed by atoms with van der Waals surface area (Å²) in [5.74, 6) is -0.713. The molecule has 0 unspecified atom stereocenters. The molecule has 0 atom stereocenters. The molecule has 3 aromatic rings. The summed E-state index contributed by atoms with van der Waals surface area (Å²) in [6, 6.07) is 14.3. The van der Waals surface area contributed by atoms with Crippen LogP contribution in [0.25, 0.3) is 10.8 Å². The molecule has 0 saturated heterocycles. The lowest BCUT2D eigenvalue weighted by Gasteiger charge is -2.10. The van der Waals surface area contributed by atoms with Crippen molar-refractivity contribution in [2.75, 3.05) is 5.32 Å². The van der Waals surface area contributed by atoms with Gasteiger partial charge in [0, 0.05) is 16.6 Å². The van der Waals surface area contributed by atoms with E-state index in [1.54, 1.807) is 24.3 Å². The Labute approximate surface area is 125 Å². The average Bonchev–Trinajstić information content (AvgIpc) is 3.01. The molecule has 2 amide bonds. The van der Waals surface area contributed by atoms with Crippen LogP contribution in [0.5, 0.6) is 0 Å². The number of hydrogen-bond donors (Lipinski definition) is 2. The zero-order valence-electron chi connectivity index (χ0n) is 11.0. The molecule has 1 heterocycles. The number of primary amides is 1. The van der Waals surface area contributed by atoms with Gasteiger partial charge in [0.25, 0.3) is 5.91 Å². The molecule has 0 aliphatic rings. The predicted molar refractivity (Wildman–Crippen MR) is 84.7 cm³/mol. The van der Waals surface area contributed by atoms with Crippen molar-refractivity contribution < 1.29 is 9.59 Å². The van der Waals surface area contributed by atoms with E-state index in [0.717, 1.165) is 5.39 Å². The molecule has 1 aromatic heterocycles. The molecule has 104 valence electrons. The van der Waals surface area contributed by atoms with Crippen LogP contribution >= 0.6 is 11.3 Å². The second-order valence-corrected chi connectivity index (χ2v) is 5.45. The van der Waals surface area contributed by atoms with Gasteiger partial charge < -0.3 is 11.1 Å². The van der Waals surface area contributed by atoms with E-state index in [2.05, 4.69) is 5.32 Å². The van der Waals surface area contributed by atoms with Crippen molar-refractivity contribution in [3.05, 3.63) is 64.4 Å². The van der Waals surface area contributed by atoms with Gasteiger partial charge in [-0.05, 0) is 29.0 Å². The van der Waals surface area contributed by atoms with E-state index in [9.17, 15) is 9.59 Å². The lowest BCUT2D eigenvalue weighted by Crippen LogP contribution is -2.14. The number of nitrogens with two attached hydrogens (primary N) is 1. The third kappa shape index (κ3) is 2.51. The maximum atomic E-state index is 12.2. The molecule has 21 heavy (non-hydrogen) atoms. The molecule has 0 saturated carbocycles. The highest BCUT2D eigenvalue weighted by molar-refractivity contribution is 7.12. The Morgan fingerprint density at radius 3 is 2.43 bits per heavy atom. The van der Waals surface area contributed by atoms with Crippen molar-refractivity contribution in [3.8, 4) is 0 Å². The van der Waals surface area contributed by atoms with Crippen LogP contribution in [0.2, 0.25) is 0 Å². The van der Waals surface area contributed by atoms with Gasteiger partial charge in [-0.15, -0.1) is 11.3 Å². The van der Waals surface area contributed by atoms with Crippen LogP contribution in [0, 0.1) is 0 Å². The maximum Gasteiger partial charge on any atom is 0.265 e. The molecule has 5 heteroatoms. The number of carbonyl (C=O) groups excluding carboxylic acids is 2. The third-order valence-electron chi connectivity index (χ3n) is 3.16. The Hall–Kier alpha value is -2.66. The lowest BCUT2D eigenvalue weighted by molar-refractivity contribution is 0.0998. The minimum absolute atomic E-state index is 0.197. The first kappa shape index (κ1) is 13.3. The highest BCUT2D eigenvalue weighted by atomic mass is 32.1. The van der Waals surface area contributed by atoms with Gasteiger partial charge >= 0.3 is 0 Å². The number of fused-ring (bicyclic) bond motifs is 1. The van der Waals surface area contributed by atoms with Crippen molar-refractivity contribution in [2.24, 2.45) is 5.73 Å². The molecule has 0 aliphatic heterocycles. The van der Waals surface area contributed by atoms with Gasteiger partial charge in [-0.2, -0.15) is 0 Å². The van der Waals surface area contributed by atoms with E-state index in [-0.39, 0.29) is 5.91 Å². The fourth-order valence-corrected chi connectivity index (χ4v) is 2.86. The number of carbonyl (C=O) groups is 2. The van der Waals surface area contributed by atoms with E-state index >= 15 is 0 Å². The third-order valence-corrected chi connectivity index (χ3v) is 4.03. The summed E-state index contributed by atoms with van der Waals surface area (Å²) in [6.07, 6.45) is 0. The second-order valence-electron chi connectivity index (χ2n) is 4.50. The summed E-state index contributed by atoms with van der Waals surface area (Å²) >= 11 is 1.36. The molecule has 0 aliphatic carbocycles. The predicted octanol–water partition coefficient (Wildman–Crippen LogP) is 3.25. The van der Waals surface area contributed by atoms with E-state index in [1.807, 2.05) is 29.6 Å². The van der Waals surface area contributed by atoms with Crippen LogP contribution in [0.15, 0.2) is 53.9 Å². The van der Waals surface area contributed by atoms with E-state index in [1.165, 1.54) is 11.3 Å². The number of amides is 2. The topological polar surface area (TPSA) is 72.2 Å². The molecule has 2 aromatic carbocycles. The van der Waals surface area contributed by atoms with Crippen molar-refractivity contribution in [1.29, 1.82) is 0 Å². The zero-order chi connectivity index (χ0) is 14.8. The van der Waals surface area contributed by atoms with Gasteiger partial charge in [0.15, 0.2) is 0 Å². The number of thiophene rings is 1. The molecule has 0 bridgehead atoms. The summed E-state index contributed by atoms with van der Waals surface area (Å²) in [6.45, 7) is 0. The second kappa shape index (κ2) is 5.38. The maximum absolute atomic E-state index is 12.2. The molecule has 3 N–H and O–H groups in total. The molecule has 3 rings (SSSR count). The standard InChI is InChI=1S/C16H12N2O2S/c17-15(19)11-6-1-4-10-5-2-7-12(14(10)11)18-16(20)13-8-3-9-21-13/h1-9H,(H2,17,19)(H,18,20). The van der Waals surface area contributed by atoms with E-state index in [0.29, 0.717) is 21.5 Å². The Bertz CT molecular complexity index is 820. The Kier molecular flexibility index (Phi) is 3.41. The van der Waals surface area contributed by atoms with E-state index < -0.39 is 5.91 Å². The Morgan fingerprint density at radius 1 is 1.00 bits per heavy atom. The summed E-state index contributed by atoms with van der Waals surface area (Å²) in [5, 5.41) is 6.21. The van der Waals surface area contributed by atoms with Gasteiger partial charge in [0.05, 0.1) is 4.88 Å². The molecule has 0 radical (unpaired) electrons. The summed E-state index contributed by atoms with van der Waals surface area (Å²) < 4.78 is 0. The van der Waals surface area contributed by atoms with Crippen LogP contribution in [-0.4, -0.2) is 11.8 Å². The first-order valence-electron chi connectivity index (χ1n) is 6.33. The summed E-state index contributed by atoms with van der Waals surface area (Å²) in [7, 11) is 0. The number of hydrogen-bond acceptors (Lipinski definition) is 3. The van der Waals surface area contributed by atoms with Crippen molar-refractivity contribution in [1.82, 2.24) is 0 Å². The number of rotatable bonds is 3. The zero-order valence-corrected chi connectivity index (χ0v) is 11.8. The lowest BCUT2D eigenvalue weighted by atomic mass is 10.0. The molecule has 0 fully saturated rings. The van der Waals surface area contributed by atoms with Gasteiger partial charge in [0.2, 0.25) is 5.91 Å². The van der Waals surface area contributed by atoms with Gasteiger partial charge in [-0.3, -0.25) is 9.59 Å². The van der Waals surface area contributed by atoms with Crippen LogP contribution < -0.4 is 11.1 Å². The van der Waals surface area contributed by atoms with Gasteiger partial charge in [-0.1, -0.05) is 30.3 Å². The first-order valence-corrected chi connectivity index (χ1v) is 7.21. The van der Waals surface area contributed by atoms with E-state index in [4.69, 9.17) is 5.73 Å². The minimum atomic E-state index is -0.515. The highest BCUT2D eigenvalue weighted by Crippen LogP contribution is 2.27. The Balaban J connectivity index is 2.10. The first-order chi connectivity index (χ1) is 10.2. The fourth-order valence-electron chi connectivity index (χ4n) is 2.24. The van der Waals surface area contributed by atoms with Crippen LogP contribution in [0.4, 0.5) is 5.69 Å². The summed E-state index contributed by atoms with van der Waals surface area (Å²) in [4.78, 5) is 24.4. The molecular formula is C16H12N2O2S. The van der Waals surface area contributed by atoms with Crippen LogP contribution in [0.1, 0.15) is 20.0 Å². The Morgan fingerprint density at radius 2 is 1.76 bits per heavy atom. The largest absolute Gasteiger partial charge is 0.366 e. The normalized spacial score (nSPS) is 10.5. The molecule has 4 nitrogen and oxygen atoms in total.